The van der Waals surface area contributed by atoms with E-state index in [1.165, 1.54) is 19.3 Å². The first-order valence-electron chi connectivity index (χ1n) is 6.02. The highest BCUT2D eigenvalue weighted by Gasteiger charge is 2.32. The van der Waals surface area contributed by atoms with Crippen LogP contribution in [0.5, 0.6) is 0 Å². The molecule has 0 spiro atoms. The Morgan fingerprint density at radius 3 is 2.73 bits per heavy atom. The zero-order chi connectivity index (χ0) is 11.3. The van der Waals surface area contributed by atoms with E-state index in [4.69, 9.17) is 10.00 Å². The summed E-state index contributed by atoms with van der Waals surface area (Å²) in [5.41, 5.74) is 0.428. The molecule has 2 heteroatoms. The van der Waals surface area contributed by atoms with Crippen molar-refractivity contribution < 1.29 is 4.74 Å². The molecule has 0 N–H and O–H groups in total. The van der Waals surface area contributed by atoms with Gasteiger partial charge in [0.15, 0.2) is 0 Å². The van der Waals surface area contributed by atoms with Crippen molar-refractivity contribution in [2.75, 3.05) is 6.61 Å². The second-order valence-corrected chi connectivity index (χ2v) is 5.67. The zero-order valence-electron chi connectivity index (χ0n) is 10.3. The number of nitriles is 1. The lowest BCUT2D eigenvalue weighted by atomic mass is 9.71. The van der Waals surface area contributed by atoms with E-state index < -0.39 is 0 Å². The molecule has 0 aromatic carbocycles. The van der Waals surface area contributed by atoms with Gasteiger partial charge in [-0.25, -0.2) is 0 Å². The Labute approximate surface area is 93.6 Å². The Balaban J connectivity index is 2.27. The van der Waals surface area contributed by atoms with Crippen molar-refractivity contribution in [3.05, 3.63) is 0 Å². The standard InChI is InChI=1S/C13H23NO/c1-11-8-12(10-13(2,3)9-11)15-7-5-4-6-14/h11-12H,4-5,7-10H2,1-3H3. The SMILES string of the molecule is CC1CC(OCCCC#N)CC(C)(C)C1. The van der Waals surface area contributed by atoms with Gasteiger partial charge in [0.2, 0.25) is 0 Å². The van der Waals surface area contributed by atoms with Gasteiger partial charge in [-0.2, -0.15) is 5.26 Å². The highest BCUT2D eigenvalue weighted by Crippen LogP contribution is 2.39. The first-order valence-corrected chi connectivity index (χ1v) is 6.02. The molecule has 1 saturated carbocycles. The van der Waals surface area contributed by atoms with Gasteiger partial charge in [-0.3, -0.25) is 0 Å². The van der Waals surface area contributed by atoms with Crippen LogP contribution >= 0.6 is 0 Å². The Morgan fingerprint density at radius 2 is 2.13 bits per heavy atom. The number of ether oxygens (including phenoxy) is 1. The second kappa shape index (κ2) is 5.51. The summed E-state index contributed by atoms with van der Waals surface area (Å²) in [6.07, 6.45) is 5.58. The normalized spacial score (nSPS) is 29.7. The van der Waals surface area contributed by atoms with Crippen molar-refractivity contribution in [3.63, 3.8) is 0 Å². The summed E-state index contributed by atoms with van der Waals surface area (Å²) >= 11 is 0. The fourth-order valence-corrected chi connectivity index (χ4v) is 2.79. The maximum atomic E-state index is 8.42. The Morgan fingerprint density at radius 1 is 1.40 bits per heavy atom. The average Bonchev–Trinajstić information content (AvgIpc) is 2.09. The molecule has 2 unspecified atom stereocenters. The maximum absolute atomic E-state index is 8.42. The van der Waals surface area contributed by atoms with Crippen LogP contribution in [0.15, 0.2) is 0 Å². The third-order valence-corrected chi connectivity index (χ3v) is 3.13. The molecule has 1 aliphatic carbocycles. The lowest BCUT2D eigenvalue weighted by molar-refractivity contribution is -0.0232. The molecule has 0 radical (unpaired) electrons. The van der Waals surface area contributed by atoms with Crippen molar-refractivity contribution in [2.45, 2.75) is 59.0 Å². The van der Waals surface area contributed by atoms with Gasteiger partial charge in [-0.1, -0.05) is 20.8 Å². The van der Waals surface area contributed by atoms with Gasteiger partial charge in [0.1, 0.15) is 0 Å². The summed E-state index contributed by atoms with van der Waals surface area (Å²) < 4.78 is 5.84. The largest absolute Gasteiger partial charge is 0.378 e. The molecule has 86 valence electrons. The summed E-state index contributed by atoms with van der Waals surface area (Å²) in [6, 6.07) is 2.15. The van der Waals surface area contributed by atoms with Crippen LogP contribution < -0.4 is 0 Å². The number of unbranched alkanes of at least 4 members (excludes halogenated alkanes) is 1. The first kappa shape index (κ1) is 12.5. The molecule has 0 saturated heterocycles. The minimum Gasteiger partial charge on any atom is -0.378 e. The highest BCUT2D eigenvalue weighted by atomic mass is 16.5. The molecule has 1 rings (SSSR count). The summed E-state index contributed by atoms with van der Waals surface area (Å²) in [4.78, 5) is 0. The van der Waals surface area contributed by atoms with Crippen LogP contribution in [-0.4, -0.2) is 12.7 Å². The molecule has 0 aliphatic heterocycles. The third-order valence-electron chi connectivity index (χ3n) is 3.13. The third kappa shape index (κ3) is 4.66. The number of nitrogens with zero attached hydrogens (tertiary/aromatic N) is 1. The van der Waals surface area contributed by atoms with E-state index in [0.717, 1.165) is 18.9 Å². The predicted molar refractivity (Wildman–Crippen MR) is 61.4 cm³/mol. The van der Waals surface area contributed by atoms with Crippen LogP contribution in [0.2, 0.25) is 0 Å². The van der Waals surface area contributed by atoms with E-state index in [1.807, 2.05) is 0 Å². The van der Waals surface area contributed by atoms with Gasteiger partial charge in [-0.15, -0.1) is 0 Å². The number of hydrogen-bond acceptors (Lipinski definition) is 2. The lowest BCUT2D eigenvalue weighted by Crippen LogP contribution is -2.32. The van der Waals surface area contributed by atoms with E-state index in [-0.39, 0.29) is 0 Å². The molecule has 0 amide bonds. The van der Waals surface area contributed by atoms with Gasteiger partial charge < -0.3 is 4.74 Å². The minimum absolute atomic E-state index is 0.419. The fourth-order valence-electron chi connectivity index (χ4n) is 2.79. The Hall–Kier alpha value is -0.550. The maximum Gasteiger partial charge on any atom is 0.0622 e. The van der Waals surface area contributed by atoms with Gasteiger partial charge in [0, 0.05) is 13.0 Å². The molecular formula is C13H23NO. The molecule has 2 nitrogen and oxygen atoms in total. The Kier molecular flexibility index (Phi) is 4.60. The second-order valence-electron chi connectivity index (χ2n) is 5.67. The van der Waals surface area contributed by atoms with E-state index in [1.54, 1.807) is 0 Å². The van der Waals surface area contributed by atoms with Crippen LogP contribution in [0.4, 0.5) is 0 Å². The summed E-state index contributed by atoms with van der Waals surface area (Å²) in [5.74, 6) is 0.773. The molecule has 2 atom stereocenters. The molecule has 0 heterocycles. The van der Waals surface area contributed by atoms with Gasteiger partial charge in [0.05, 0.1) is 12.2 Å². The monoisotopic (exact) mass is 209 g/mol. The van der Waals surface area contributed by atoms with Crippen LogP contribution in [-0.2, 0) is 4.74 Å². The van der Waals surface area contributed by atoms with Crippen molar-refractivity contribution in [1.82, 2.24) is 0 Å². The van der Waals surface area contributed by atoms with E-state index in [0.29, 0.717) is 17.9 Å². The van der Waals surface area contributed by atoms with Gasteiger partial charge in [0.25, 0.3) is 0 Å². The van der Waals surface area contributed by atoms with Gasteiger partial charge >= 0.3 is 0 Å². The van der Waals surface area contributed by atoms with Crippen molar-refractivity contribution in [3.8, 4) is 6.07 Å². The van der Waals surface area contributed by atoms with Crippen LogP contribution in [0.1, 0.15) is 52.9 Å². The molecule has 0 bridgehead atoms. The van der Waals surface area contributed by atoms with Crippen LogP contribution in [0.25, 0.3) is 0 Å². The molecule has 1 fully saturated rings. The summed E-state index contributed by atoms with van der Waals surface area (Å²) in [7, 11) is 0. The van der Waals surface area contributed by atoms with Crippen molar-refractivity contribution in [1.29, 1.82) is 5.26 Å². The smallest absolute Gasteiger partial charge is 0.0622 e. The fraction of sp³-hybridized carbons (Fsp3) is 0.923. The van der Waals surface area contributed by atoms with E-state index >= 15 is 0 Å². The lowest BCUT2D eigenvalue weighted by Gasteiger charge is -2.38. The molecule has 1 aliphatic rings. The van der Waals surface area contributed by atoms with Crippen molar-refractivity contribution >= 4 is 0 Å². The average molecular weight is 209 g/mol. The van der Waals surface area contributed by atoms with E-state index in [2.05, 4.69) is 26.8 Å². The predicted octanol–water partition coefficient (Wildman–Crippen LogP) is 3.52. The minimum atomic E-state index is 0.419. The van der Waals surface area contributed by atoms with Crippen molar-refractivity contribution in [2.24, 2.45) is 11.3 Å². The highest BCUT2D eigenvalue weighted by molar-refractivity contribution is 4.83. The molecular weight excluding hydrogens is 186 g/mol. The van der Waals surface area contributed by atoms with E-state index in [9.17, 15) is 0 Å². The summed E-state index contributed by atoms with van der Waals surface area (Å²) in [5, 5.41) is 8.42. The topological polar surface area (TPSA) is 33.0 Å². The van der Waals surface area contributed by atoms with Crippen LogP contribution in [0.3, 0.4) is 0 Å². The molecule has 0 aromatic heterocycles. The number of hydrogen-bond donors (Lipinski definition) is 0. The zero-order valence-corrected chi connectivity index (χ0v) is 10.3. The first-order chi connectivity index (χ1) is 7.03. The van der Waals surface area contributed by atoms with Gasteiger partial charge in [-0.05, 0) is 37.0 Å². The number of rotatable bonds is 4. The Bertz CT molecular complexity index is 229. The quantitative estimate of drug-likeness (QED) is 0.664. The molecule has 15 heavy (non-hydrogen) atoms. The summed E-state index contributed by atoms with van der Waals surface area (Å²) in [6.45, 7) is 7.72. The van der Waals surface area contributed by atoms with Crippen LogP contribution in [0, 0.1) is 22.7 Å². The molecule has 0 aromatic rings.